The fraction of sp³-hybridized carbons (Fsp3) is 0.562. The van der Waals surface area contributed by atoms with Crippen molar-refractivity contribution in [2.45, 2.75) is 31.3 Å². The van der Waals surface area contributed by atoms with Gasteiger partial charge in [-0.2, -0.15) is 11.8 Å². The molecule has 2 saturated heterocycles. The Morgan fingerprint density at radius 3 is 2.87 bits per heavy atom. The Balaban J connectivity index is 0.00000192. The lowest BCUT2D eigenvalue weighted by Gasteiger charge is -2.29. The van der Waals surface area contributed by atoms with Gasteiger partial charge >= 0.3 is 0 Å². The molecule has 2 fully saturated rings. The molecule has 3 rings (SSSR count). The van der Waals surface area contributed by atoms with Crippen LogP contribution in [0.25, 0.3) is 0 Å². The first kappa shape index (κ1) is 19.2. The van der Waals surface area contributed by atoms with E-state index >= 15 is 0 Å². The van der Waals surface area contributed by atoms with E-state index in [1.165, 1.54) is 0 Å². The number of nitrogens with one attached hydrogen (secondary N) is 1. The minimum absolute atomic E-state index is 0. The summed E-state index contributed by atoms with van der Waals surface area (Å²) in [5.41, 5.74) is 1.09. The van der Waals surface area contributed by atoms with Gasteiger partial charge in [0.05, 0.1) is 16.1 Å². The molecule has 2 aliphatic heterocycles. The van der Waals surface area contributed by atoms with E-state index in [0.29, 0.717) is 22.5 Å². The van der Waals surface area contributed by atoms with E-state index in [0.717, 1.165) is 43.0 Å². The standard InChI is InChI=1S/C16H20Cl2N2OS.ClH/c17-13-4-3-11(8-14(13)18)15-2-1-6-20(15)16(21)9-12-10-22-7-5-19-12;/h3-4,8,12,15,19H,1-2,5-7,9-10H2;1H. The van der Waals surface area contributed by atoms with Crippen molar-refractivity contribution < 1.29 is 4.79 Å². The van der Waals surface area contributed by atoms with E-state index in [9.17, 15) is 4.79 Å². The van der Waals surface area contributed by atoms with Crippen LogP contribution < -0.4 is 5.32 Å². The molecule has 3 nitrogen and oxygen atoms in total. The van der Waals surface area contributed by atoms with E-state index < -0.39 is 0 Å². The highest BCUT2D eigenvalue weighted by Crippen LogP contribution is 2.35. The summed E-state index contributed by atoms with van der Waals surface area (Å²) in [4.78, 5) is 14.7. The number of benzene rings is 1. The number of likely N-dealkylation sites (tertiary alicyclic amines) is 1. The number of rotatable bonds is 3. The largest absolute Gasteiger partial charge is 0.336 e. The van der Waals surface area contributed by atoms with Gasteiger partial charge < -0.3 is 10.2 Å². The number of nitrogens with zero attached hydrogens (tertiary/aromatic N) is 1. The maximum atomic E-state index is 12.7. The molecule has 23 heavy (non-hydrogen) atoms. The Morgan fingerprint density at radius 1 is 1.35 bits per heavy atom. The van der Waals surface area contributed by atoms with E-state index in [1.807, 2.05) is 34.9 Å². The average molecular weight is 396 g/mol. The fourth-order valence-corrected chi connectivity index (χ4v) is 4.47. The van der Waals surface area contributed by atoms with Gasteiger partial charge in [-0.05, 0) is 30.5 Å². The smallest absolute Gasteiger partial charge is 0.224 e. The Hall–Kier alpha value is -0.130. The Kier molecular flexibility index (Phi) is 7.36. The van der Waals surface area contributed by atoms with Crippen LogP contribution in [-0.4, -0.2) is 41.4 Å². The molecule has 0 aliphatic carbocycles. The SMILES string of the molecule is Cl.O=C(CC1CSCCN1)N1CCCC1c1ccc(Cl)c(Cl)c1. The Labute approximate surface area is 157 Å². The molecule has 0 bridgehead atoms. The summed E-state index contributed by atoms with van der Waals surface area (Å²) < 4.78 is 0. The first-order valence-electron chi connectivity index (χ1n) is 7.70. The van der Waals surface area contributed by atoms with Gasteiger partial charge in [-0.3, -0.25) is 4.79 Å². The van der Waals surface area contributed by atoms with Crippen molar-refractivity contribution in [3.63, 3.8) is 0 Å². The Bertz CT molecular complexity index is 552. The third-order valence-corrected chi connectivity index (χ3v) is 6.19. The number of thioether (sulfide) groups is 1. The highest BCUT2D eigenvalue weighted by molar-refractivity contribution is 7.99. The maximum Gasteiger partial charge on any atom is 0.224 e. The number of carbonyl (C=O) groups excluding carboxylic acids is 1. The van der Waals surface area contributed by atoms with Gasteiger partial charge in [0.1, 0.15) is 0 Å². The molecule has 2 atom stereocenters. The molecular formula is C16H21Cl3N2OS. The average Bonchev–Trinajstić information content (AvgIpc) is 3.01. The van der Waals surface area contributed by atoms with Crippen LogP contribution in [0.4, 0.5) is 0 Å². The van der Waals surface area contributed by atoms with Crippen LogP contribution in [-0.2, 0) is 4.79 Å². The van der Waals surface area contributed by atoms with Gasteiger partial charge in [-0.1, -0.05) is 29.3 Å². The zero-order valence-corrected chi connectivity index (χ0v) is 15.9. The summed E-state index contributed by atoms with van der Waals surface area (Å²) >= 11 is 14.0. The molecule has 2 unspecified atom stereocenters. The van der Waals surface area contributed by atoms with Gasteiger partial charge in [0.2, 0.25) is 5.91 Å². The lowest BCUT2D eigenvalue weighted by molar-refractivity contribution is -0.132. The van der Waals surface area contributed by atoms with Crippen molar-refractivity contribution in [1.29, 1.82) is 0 Å². The highest BCUT2D eigenvalue weighted by Gasteiger charge is 2.31. The van der Waals surface area contributed by atoms with Gasteiger partial charge in [-0.25, -0.2) is 0 Å². The summed E-state index contributed by atoms with van der Waals surface area (Å²) in [6.07, 6.45) is 2.63. The summed E-state index contributed by atoms with van der Waals surface area (Å²) in [7, 11) is 0. The van der Waals surface area contributed by atoms with Crippen molar-refractivity contribution in [3.05, 3.63) is 33.8 Å². The molecule has 1 aromatic carbocycles. The molecule has 0 saturated carbocycles. The second-order valence-corrected chi connectivity index (χ2v) is 7.81. The van der Waals surface area contributed by atoms with Gasteiger partial charge in [0.25, 0.3) is 0 Å². The van der Waals surface area contributed by atoms with E-state index in [-0.39, 0.29) is 24.4 Å². The lowest BCUT2D eigenvalue weighted by Crippen LogP contribution is -2.42. The minimum Gasteiger partial charge on any atom is -0.336 e. The first-order valence-corrected chi connectivity index (χ1v) is 9.62. The second-order valence-electron chi connectivity index (χ2n) is 5.85. The molecule has 2 aliphatic rings. The zero-order valence-electron chi connectivity index (χ0n) is 12.8. The summed E-state index contributed by atoms with van der Waals surface area (Å²) in [5, 5.41) is 4.56. The van der Waals surface area contributed by atoms with Crippen molar-refractivity contribution in [2.24, 2.45) is 0 Å². The van der Waals surface area contributed by atoms with Crippen LogP contribution in [0.1, 0.15) is 30.9 Å². The van der Waals surface area contributed by atoms with Crippen LogP contribution in [0.3, 0.4) is 0 Å². The molecule has 1 N–H and O–H groups in total. The fourth-order valence-electron chi connectivity index (χ4n) is 3.21. The maximum absolute atomic E-state index is 12.7. The van der Waals surface area contributed by atoms with E-state index in [4.69, 9.17) is 23.2 Å². The molecule has 128 valence electrons. The quantitative estimate of drug-likeness (QED) is 0.833. The predicted molar refractivity (Wildman–Crippen MR) is 101 cm³/mol. The topological polar surface area (TPSA) is 32.3 Å². The van der Waals surface area contributed by atoms with Gasteiger partial charge in [-0.15, -0.1) is 12.4 Å². The van der Waals surface area contributed by atoms with E-state index in [1.54, 1.807) is 0 Å². The van der Waals surface area contributed by atoms with Crippen molar-refractivity contribution in [2.75, 3.05) is 24.6 Å². The second kappa shape index (κ2) is 8.82. The molecule has 2 heterocycles. The Morgan fingerprint density at radius 2 is 2.17 bits per heavy atom. The predicted octanol–water partition coefficient (Wildman–Crippen LogP) is 4.17. The molecule has 0 aromatic heterocycles. The zero-order chi connectivity index (χ0) is 15.5. The lowest BCUT2D eigenvalue weighted by atomic mass is 10.0. The van der Waals surface area contributed by atoms with Gasteiger partial charge in [0.15, 0.2) is 0 Å². The molecule has 7 heteroatoms. The molecule has 0 spiro atoms. The first-order chi connectivity index (χ1) is 10.6. The highest BCUT2D eigenvalue weighted by atomic mass is 35.5. The van der Waals surface area contributed by atoms with Gasteiger partial charge in [0, 0.05) is 37.1 Å². The molecule has 0 radical (unpaired) electrons. The van der Waals surface area contributed by atoms with Crippen molar-refractivity contribution in [1.82, 2.24) is 10.2 Å². The molecule has 1 aromatic rings. The van der Waals surface area contributed by atoms with E-state index in [2.05, 4.69) is 5.32 Å². The van der Waals surface area contributed by atoms with Crippen LogP contribution in [0, 0.1) is 0 Å². The van der Waals surface area contributed by atoms with Crippen LogP contribution in [0.15, 0.2) is 18.2 Å². The van der Waals surface area contributed by atoms with Crippen molar-refractivity contribution in [3.8, 4) is 0 Å². The number of hydrogen-bond acceptors (Lipinski definition) is 3. The van der Waals surface area contributed by atoms with Crippen LogP contribution >= 0.6 is 47.4 Å². The monoisotopic (exact) mass is 394 g/mol. The van der Waals surface area contributed by atoms with Crippen LogP contribution in [0.2, 0.25) is 10.0 Å². The molecule has 1 amide bonds. The van der Waals surface area contributed by atoms with Crippen molar-refractivity contribution >= 4 is 53.3 Å². The molecular weight excluding hydrogens is 375 g/mol. The number of carbonyl (C=O) groups is 1. The number of halogens is 3. The normalized spacial score (nSPS) is 24.3. The number of hydrogen-bond donors (Lipinski definition) is 1. The summed E-state index contributed by atoms with van der Waals surface area (Å²) in [6.45, 7) is 1.84. The summed E-state index contributed by atoms with van der Waals surface area (Å²) in [5.74, 6) is 2.41. The minimum atomic E-state index is 0. The van der Waals surface area contributed by atoms with Crippen LogP contribution in [0.5, 0.6) is 0 Å². The summed E-state index contributed by atoms with van der Waals surface area (Å²) in [6, 6.07) is 6.15. The number of amides is 1. The third-order valence-electron chi connectivity index (χ3n) is 4.32. The third kappa shape index (κ3) is 4.70.